The van der Waals surface area contributed by atoms with Gasteiger partial charge in [0.1, 0.15) is 11.5 Å². The van der Waals surface area contributed by atoms with Crippen LogP contribution in [-0.4, -0.2) is 40.9 Å². The van der Waals surface area contributed by atoms with E-state index in [4.69, 9.17) is 0 Å². The fourth-order valence-electron chi connectivity index (χ4n) is 3.14. The number of H-pyrrole nitrogens is 1. The molecule has 0 aliphatic carbocycles. The predicted molar refractivity (Wildman–Crippen MR) is 101 cm³/mol. The smallest absolute Gasteiger partial charge is 0.279 e. The Balaban J connectivity index is 1.74. The van der Waals surface area contributed by atoms with Crippen molar-refractivity contribution in [1.29, 1.82) is 0 Å². The van der Waals surface area contributed by atoms with E-state index in [0.717, 1.165) is 16.6 Å². The number of aryl methyl sites for hydroxylation is 1. The van der Waals surface area contributed by atoms with Crippen molar-refractivity contribution in [3.63, 3.8) is 0 Å². The monoisotopic (exact) mass is 364 g/mol. The first-order valence-electron chi connectivity index (χ1n) is 8.67. The van der Waals surface area contributed by atoms with Crippen LogP contribution in [0.15, 0.2) is 30.3 Å². The normalized spacial score (nSPS) is 11.4. The van der Waals surface area contributed by atoms with Gasteiger partial charge >= 0.3 is 0 Å². The molecule has 9 heteroatoms. The number of benzene rings is 1. The zero-order chi connectivity index (χ0) is 19.1. The third-order valence-electron chi connectivity index (χ3n) is 4.46. The van der Waals surface area contributed by atoms with Gasteiger partial charge in [-0.05, 0) is 20.8 Å². The standard InChI is InChI=1S/C18H20N8O/c1-10(2)26-11(3)14(20-24-26)18(27)19-16-13-15(12-8-6-5-7-9-12)23-25(4)17(13)22-21-16/h5-10H,1-4H3,(H2,19,21,22,27). The second kappa shape index (κ2) is 6.35. The lowest BCUT2D eigenvalue weighted by Gasteiger charge is -2.07. The number of nitrogens with one attached hydrogen (secondary N) is 2. The van der Waals surface area contributed by atoms with Crippen LogP contribution >= 0.6 is 0 Å². The number of fused-ring (bicyclic) bond motifs is 1. The molecule has 1 aromatic carbocycles. The molecule has 3 aromatic heterocycles. The van der Waals surface area contributed by atoms with Gasteiger partial charge in [-0.2, -0.15) is 10.2 Å². The van der Waals surface area contributed by atoms with E-state index >= 15 is 0 Å². The highest BCUT2D eigenvalue weighted by atomic mass is 16.2. The van der Waals surface area contributed by atoms with E-state index in [9.17, 15) is 4.79 Å². The molecule has 0 saturated carbocycles. The Bertz CT molecular complexity index is 1120. The molecule has 0 unspecified atom stereocenters. The van der Waals surface area contributed by atoms with Gasteiger partial charge < -0.3 is 5.32 Å². The number of carbonyl (C=O) groups excluding carboxylic acids is 1. The first kappa shape index (κ1) is 17.0. The van der Waals surface area contributed by atoms with E-state index < -0.39 is 0 Å². The summed E-state index contributed by atoms with van der Waals surface area (Å²) in [5, 5.41) is 23.5. The molecule has 0 radical (unpaired) electrons. The number of aromatic amines is 1. The summed E-state index contributed by atoms with van der Waals surface area (Å²) in [4.78, 5) is 12.8. The maximum Gasteiger partial charge on any atom is 0.279 e. The highest BCUT2D eigenvalue weighted by molar-refractivity contribution is 6.09. The molecule has 138 valence electrons. The van der Waals surface area contributed by atoms with Crippen molar-refractivity contribution < 1.29 is 4.79 Å². The first-order chi connectivity index (χ1) is 13.0. The first-order valence-corrected chi connectivity index (χ1v) is 8.67. The van der Waals surface area contributed by atoms with Crippen molar-refractivity contribution in [2.75, 3.05) is 5.32 Å². The molecule has 0 spiro atoms. The zero-order valence-electron chi connectivity index (χ0n) is 15.6. The summed E-state index contributed by atoms with van der Waals surface area (Å²) in [5.74, 6) is 0.147. The van der Waals surface area contributed by atoms with Crippen LogP contribution in [0.2, 0.25) is 0 Å². The third-order valence-corrected chi connectivity index (χ3v) is 4.46. The minimum absolute atomic E-state index is 0.126. The van der Waals surface area contributed by atoms with Crippen molar-refractivity contribution >= 4 is 22.8 Å². The molecule has 0 aliphatic rings. The number of carbonyl (C=O) groups is 1. The molecule has 2 N–H and O–H groups in total. The molecule has 0 atom stereocenters. The number of aromatic nitrogens is 7. The van der Waals surface area contributed by atoms with Crippen molar-refractivity contribution in [2.24, 2.45) is 7.05 Å². The molecular weight excluding hydrogens is 344 g/mol. The lowest BCUT2D eigenvalue weighted by molar-refractivity contribution is 0.102. The van der Waals surface area contributed by atoms with Gasteiger partial charge in [-0.25, -0.2) is 9.36 Å². The highest BCUT2D eigenvalue weighted by Crippen LogP contribution is 2.31. The Morgan fingerprint density at radius 2 is 1.96 bits per heavy atom. The summed E-state index contributed by atoms with van der Waals surface area (Å²) in [5.41, 5.74) is 3.36. The summed E-state index contributed by atoms with van der Waals surface area (Å²) in [7, 11) is 1.82. The van der Waals surface area contributed by atoms with Crippen LogP contribution in [0.25, 0.3) is 22.3 Å². The van der Waals surface area contributed by atoms with E-state index in [2.05, 4.69) is 30.9 Å². The summed E-state index contributed by atoms with van der Waals surface area (Å²) < 4.78 is 3.40. The fourth-order valence-corrected chi connectivity index (χ4v) is 3.14. The largest absolute Gasteiger partial charge is 0.305 e. The Kier molecular flexibility index (Phi) is 3.98. The number of hydrogen-bond donors (Lipinski definition) is 2. The van der Waals surface area contributed by atoms with Gasteiger partial charge in [0, 0.05) is 18.7 Å². The van der Waals surface area contributed by atoms with E-state index in [1.807, 2.05) is 58.2 Å². The second-order valence-electron chi connectivity index (χ2n) is 6.65. The van der Waals surface area contributed by atoms with Crippen LogP contribution in [0.4, 0.5) is 5.82 Å². The quantitative estimate of drug-likeness (QED) is 0.579. The Labute approximate surface area is 155 Å². The van der Waals surface area contributed by atoms with Crippen LogP contribution in [-0.2, 0) is 7.05 Å². The van der Waals surface area contributed by atoms with Crippen molar-refractivity contribution in [3.8, 4) is 11.3 Å². The second-order valence-corrected chi connectivity index (χ2v) is 6.65. The van der Waals surface area contributed by atoms with Crippen LogP contribution in [0.5, 0.6) is 0 Å². The minimum Gasteiger partial charge on any atom is -0.305 e. The van der Waals surface area contributed by atoms with E-state index in [-0.39, 0.29) is 17.6 Å². The molecule has 3 heterocycles. The summed E-state index contributed by atoms with van der Waals surface area (Å²) in [6.07, 6.45) is 0. The average Bonchev–Trinajstić information content (AvgIpc) is 3.32. The molecule has 4 rings (SSSR count). The van der Waals surface area contributed by atoms with Gasteiger partial charge in [0.15, 0.2) is 11.3 Å². The van der Waals surface area contributed by atoms with E-state index in [1.165, 1.54) is 0 Å². The fraction of sp³-hybridized carbons (Fsp3) is 0.278. The number of nitrogens with zero attached hydrogens (tertiary/aromatic N) is 6. The predicted octanol–water partition coefficient (Wildman–Crippen LogP) is 2.70. The van der Waals surface area contributed by atoms with Gasteiger partial charge in [-0.3, -0.25) is 9.89 Å². The summed E-state index contributed by atoms with van der Waals surface area (Å²) in [6.45, 7) is 5.81. The molecule has 27 heavy (non-hydrogen) atoms. The number of amides is 1. The maximum atomic E-state index is 12.8. The van der Waals surface area contributed by atoms with Crippen LogP contribution in [0.3, 0.4) is 0 Å². The molecular formula is C18H20N8O. The molecule has 0 aliphatic heterocycles. The van der Waals surface area contributed by atoms with Crippen molar-refractivity contribution in [2.45, 2.75) is 26.8 Å². The summed E-state index contributed by atoms with van der Waals surface area (Å²) in [6, 6.07) is 9.91. The van der Waals surface area contributed by atoms with Gasteiger partial charge in [0.2, 0.25) is 0 Å². The lowest BCUT2D eigenvalue weighted by atomic mass is 10.1. The minimum atomic E-state index is -0.340. The molecule has 4 aromatic rings. The van der Waals surface area contributed by atoms with Crippen molar-refractivity contribution in [3.05, 3.63) is 41.7 Å². The van der Waals surface area contributed by atoms with Crippen LogP contribution in [0, 0.1) is 6.92 Å². The van der Waals surface area contributed by atoms with Crippen LogP contribution in [0.1, 0.15) is 36.1 Å². The Morgan fingerprint density at radius 1 is 1.22 bits per heavy atom. The lowest BCUT2D eigenvalue weighted by Crippen LogP contribution is -2.15. The van der Waals surface area contributed by atoms with Gasteiger partial charge in [-0.15, -0.1) is 5.10 Å². The Morgan fingerprint density at radius 3 is 2.63 bits per heavy atom. The van der Waals surface area contributed by atoms with Gasteiger partial charge in [-0.1, -0.05) is 35.5 Å². The molecule has 0 bridgehead atoms. The summed E-state index contributed by atoms with van der Waals surface area (Å²) >= 11 is 0. The third kappa shape index (κ3) is 2.77. The van der Waals surface area contributed by atoms with Crippen molar-refractivity contribution in [1.82, 2.24) is 35.0 Å². The number of hydrogen-bond acceptors (Lipinski definition) is 5. The SMILES string of the molecule is Cc1c(C(=O)Nc2[nH]nc3c2c(-c2ccccc2)nn3C)nnn1C(C)C. The zero-order valence-corrected chi connectivity index (χ0v) is 15.6. The van der Waals surface area contributed by atoms with Gasteiger partial charge in [0.25, 0.3) is 5.91 Å². The molecule has 0 saturated heterocycles. The highest BCUT2D eigenvalue weighted by Gasteiger charge is 2.22. The average molecular weight is 364 g/mol. The molecule has 9 nitrogen and oxygen atoms in total. The maximum absolute atomic E-state index is 12.8. The molecule has 0 fully saturated rings. The van der Waals surface area contributed by atoms with E-state index in [0.29, 0.717) is 17.2 Å². The topological polar surface area (TPSA) is 106 Å². The van der Waals surface area contributed by atoms with E-state index in [1.54, 1.807) is 9.36 Å². The number of anilines is 1. The van der Waals surface area contributed by atoms with Crippen LogP contribution < -0.4 is 5.32 Å². The van der Waals surface area contributed by atoms with Gasteiger partial charge in [0.05, 0.1) is 11.1 Å². The molecule has 1 amide bonds. The number of rotatable bonds is 4. The Hall–Kier alpha value is -3.49.